The van der Waals surface area contributed by atoms with E-state index >= 15 is 0 Å². The molecule has 0 amide bonds. The number of hydrogen-bond donors (Lipinski definition) is 1. The molecule has 0 aliphatic carbocycles. The number of hydrogen-bond acceptors (Lipinski definition) is 1. The van der Waals surface area contributed by atoms with Gasteiger partial charge in [-0.3, -0.25) is 0 Å². The second kappa shape index (κ2) is 6.44. The lowest BCUT2D eigenvalue weighted by molar-refractivity contribution is 0.645. The number of rotatable bonds is 3. The summed E-state index contributed by atoms with van der Waals surface area (Å²) in [5.74, 6) is 0. The Labute approximate surface area is 133 Å². The van der Waals surface area contributed by atoms with Crippen LogP contribution >= 0.6 is 8.15 Å². The quantitative estimate of drug-likeness (QED) is 0.715. The molecule has 3 aromatic carbocycles. The third kappa shape index (κ3) is 3.11. The number of aryl methyl sites for hydroxylation is 2. The van der Waals surface area contributed by atoms with Crippen molar-refractivity contribution in [1.29, 1.82) is 0 Å². The van der Waals surface area contributed by atoms with Crippen LogP contribution in [0.5, 0.6) is 0 Å². The third-order valence-electron chi connectivity index (χ3n) is 3.74. The second-order valence-electron chi connectivity index (χ2n) is 5.53. The lowest BCUT2D eigenvalue weighted by Gasteiger charge is -2.17. The van der Waals surface area contributed by atoms with Crippen molar-refractivity contribution in [3.8, 4) is 11.1 Å². The molecule has 22 heavy (non-hydrogen) atoms. The lowest BCUT2D eigenvalue weighted by Crippen LogP contribution is -2.14. The molecular formula is C20H19OP. The molecule has 0 spiro atoms. The predicted molar refractivity (Wildman–Crippen MR) is 96.2 cm³/mol. The maximum Gasteiger partial charge on any atom is 0.0883 e. The first kappa shape index (κ1) is 15.0. The van der Waals surface area contributed by atoms with E-state index in [1.165, 1.54) is 11.1 Å². The zero-order valence-corrected chi connectivity index (χ0v) is 13.7. The van der Waals surface area contributed by atoms with E-state index in [4.69, 9.17) is 0 Å². The minimum atomic E-state index is -1.34. The Morgan fingerprint density at radius 2 is 1.36 bits per heavy atom. The van der Waals surface area contributed by atoms with Crippen LogP contribution in [0.2, 0.25) is 0 Å². The summed E-state index contributed by atoms with van der Waals surface area (Å²) in [7, 11) is -1.34. The highest BCUT2D eigenvalue weighted by molar-refractivity contribution is 7.67. The van der Waals surface area contributed by atoms with Gasteiger partial charge in [0.25, 0.3) is 0 Å². The van der Waals surface area contributed by atoms with Crippen molar-refractivity contribution < 1.29 is 4.89 Å². The summed E-state index contributed by atoms with van der Waals surface area (Å²) in [6, 6.07) is 24.7. The van der Waals surface area contributed by atoms with Crippen LogP contribution in [0, 0.1) is 13.8 Å². The highest BCUT2D eigenvalue weighted by atomic mass is 31.1. The molecule has 1 nitrogen and oxygen atoms in total. The van der Waals surface area contributed by atoms with Crippen molar-refractivity contribution in [3.63, 3.8) is 0 Å². The molecule has 1 N–H and O–H groups in total. The molecule has 3 rings (SSSR count). The van der Waals surface area contributed by atoms with Gasteiger partial charge in [0.15, 0.2) is 0 Å². The normalized spacial score (nSPS) is 12.1. The van der Waals surface area contributed by atoms with Crippen LogP contribution in [-0.2, 0) is 0 Å². The zero-order valence-electron chi connectivity index (χ0n) is 12.8. The van der Waals surface area contributed by atoms with Crippen LogP contribution in [0.25, 0.3) is 11.1 Å². The summed E-state index contributed by atoms with van der Waals surface area (Å²) in [5, 5.41) is 2.00. The van der Waals surface area contributed by atoms with Gasteiger partial charge in [0.05, 0.1) is 8.15 Å². The van der Waals surface area contributed by atoms with Crippen molar-refractivity contribution in [2.75, 3.05) is 0 Å². The molecule has 0 aliphatic rings. The molecule has 0 heterocycles. The molecule has 1 atom stereocenters. The smallest absolute Gasteiger partial charge is 0.0883 e. The summed E-state index contributed by atoms with van der Waals surface area (Å²) in [6.07, 6.45) is 0. The average Bonchev–Trinajstić information content (AvgIpc) is 2.56. The fourth-order valence-electron chi connectivity index (χ4n) is 2.51. The Morgan fingerprint density at radius 1 is 0.727 bits per heavy atom. The second-order valence-corrected chi connectivity index (χ2v) is 7.16. The minimum Gasteiger partial charge on any atom is -0.364 e. The average molecular weight is 306 g/mol. The van der Waals surface area contributed by atoms with Gasteiger partial charge in [-0.2, -0.15) is 0 Å². The SMILES string of the molecule is Cc1ccc(P(O)c2ccc(C)cc2-c2ccccc2)cc1. The summed E-state index contributed by atoms with van der Waals surface area (Å²) in [6.45, 7) is 4.15. The Bertz CT molecular complexity index is 763. The zero-order chi connectivity index (χ0) is 15.5. The van der Waals surface area contributed by atoms with Crippen LogP contribution in [0.4, 0.5) is 0 Å². The van der Waals surface area contributed by atoms with E-state index in [0.29, 0.717) is 0 Å². The van der Waals surface area contributed by atoms with Crippen LogP contribution < -0.4 is 10.6 Å². The van der Waals surface area contributed by atoms with Gasteiger partial charge in [0.2, 0.25) is 0 Å². The van der Waals surface area contributed by atoms with Crippen LogP contribution in [0.3, 0.4) is 0 Å². The Kier molecular flexibility index (Phi) is 4.38. The molecule has 2 heteroatoms. The van der Waals surface area contributed by atoms with Crippen molar-refractivity contribution in [1.82, 2.24) is 0 Å². The van der Waals surface area contributed by atoms with Crippen molar-refractivity contribution in [3.05, 3.63) is 83.9 Å². The van der Waals surface area contributed by atoms with E-state index in [-0.39, 0.29) is 0 Å². The Balaban J connectivity index is 2.09. The summed E-state index contributed by atoms with van der Waals surface area (Å²) in [5.41, 5.74) is 4.68. The highest BCUT2D eigenvalue weighted by Crippen LogP contribution is 2.34. The molecule has 0 bridgehead atoms. The molecule has 0 aromatic heterocycles. The van der Waals surface area contributed by atoms with Crippen LogP contribution in [-0.4, -0.2) is 4.89 Å². The van der Waals surface area contributed by atoms with Gasteiger partial charge in [-0.1, -0.05) is 83.9 Å². The molecule has 0 radical (unpaired) electrons. The summed E-state index contributed by atoms with van der Waals surface area (Å²) in [4.78, 5) is 10.9. The van der Waals surface area contributed by atoms with Gasteiger partial charge >= 0.3 is 0 Å². The van der Waals surface area contributed by atoms with Gasteiger partial charge in [-0.05, 0) is 25.0 Å². The monoisotopic (exact) mass is 306 g/mol. The number of benzene rings is 3. The molecule has 0 saturated carbocycles. The van der Waals surface area contributed by atoms with E-state index < -0.39 is 8.15 Å². The molecule has 1 unspecified atom stereocenters. The molecule has 110 valence electrons. The molecular weight excluding hydrogens is 287 g/mol. The minimum absolute atomic E-state index is 0.988. The van der Waals surface area contributed by atoms with Gasteiger partial charge in [-0.15, -0.1) is 0 Å². The van der Waals surface area contributed by atoms with Gasteiger partial charge < -0.3 is 4.89 Å². The molecule has 0 aliphatic heterocycles. The van der Waals surface area contributed by atoms with Crippen molar-refractivity contribution in [2.24, 2.45) is 0 Å². The molecule has 0 fully saturated rings. The lowest BCUT2D eigenvalue weighted by atomic mass is 10.0. The van der Waals surface area contributed by atoms with Gasteiger partial charge in [0, 0.05) is 10.6 Å². The molecule has 3 aromatic rings. The Morgan fingerprint density at radius 3 is 2.05 bits per heavy atom. The van der Waals surface area contributed by atoms with E-state index in [1.54, 1.807) is 0 Å². The van der Waals surface area contributed by atoms with Gasteiger partial charge in [0.1, 0.15) is 0 Å². The van der Waals surface area contributed by atoms with E-state index in [9.17, 15) is 4.89 Å². The fourth-order valence-corrected chi connectivity index (χ4v) is 3.86. The predicted octanol–water partition coefficient (Wildman–Crippen LogP) is 4.31. The first-order valence-electron chi connectivity index (χ1n) is 7.37. The van der Waals surface area contributed by atoms with E-state index in [2.05, 4.69) is 56.3 Å². The Hall–Kier alpha value is -1.95. The standard InChI is InChI=1S/C20H19OP/c1-15-8-11-18(12-9-15)22(21)20-13-10-16(2)14-19(20)17-6-4-3-5-7-17/h3-14,21H,1-2H3. The largest absolute Gasteiger partial charge is 0.364 e. The first-order valence-corrected chi connectivity index (χ1v) is 8.66. The first-order chi connectivity index (χ1) is 10.6. The van der Waals surface area contributed by atoms with Crippen molar-refractivity contribution in [2.45, 2.75) is 13.8 Å². The van der Waals surface area contributed by atoms with E-state index in [0.717, 1.165) is 21.7 Å². The molecule has 0 saturated heterocycles. The third-order valence-corrected chi connectivity index (χ3v) is 5.38. The van der Waals surface area contributed by atoms with E-state index in [1.807, 2.05) is 30.3 Å². The maximum absolute atomic E-state index is 10.9. The van der Waals surface area contributed by atoms with Crippen LogP contribution in [0.1, 0.15) is 11.1 Å². The van der Waals surface area contributed by atoms with Crippen LogP contribution in [0.15, 0.2) is 72.8 Å². The van der Waals surface area contributed by atoms with Crippen molar-refractivity contribution >= 4 is 18.8 Å². The summed E-state index contributed by atoms with van der Waals surface area (Å²) >= 11 is 0. The highest BCUT2D eigenvalue weighted by Gasteiger charge is 2.16. The van der Waals surface area contributed by atoms with Gasteiger partial charge in [-0.25, -0.2) is 0 Å². The fraction of sp³-hybridized carbons (Fsp3) is 0.100. The maximum atomic E-state index is 10.9. The topological polar surface area (TPSA) is 20.2 Å². The summed E-state index contributed by atoms with van der Waals surface area (Å²) < 4.78 is 0.